The van der Waals surface area contributed by atoms with Crippen molar-refractivity contribution in [3.05, 3.63) is 74.9 Å². The van der Waals surface area contributed by atoms with Crippen molar-refractivity contribution in [1.29, 1.82) is 0 Å². The van der Waals surface area contributed by atoms with Crippen LogP contribution >= 0.6 is 0 Å². The third kappa shape index (κ3) is 3.60. The molecule has 1 aromatic heterocycles. The average molecular weight is 367 g/mol. The fraction of sp³-hybridized carbons (Fsp3) is 0.318. The second kappa shape index (κ2) is 7.16. The maximum Gasteiger partial charge on any atom is 0.336 e. The van der Waals surface area contributed by atoms with E-state index in [0.717, 1.165) is 35.8 Å². The number of ether oxygens (including phenoxy) is 1. The van der Waals surface area contributed by atoms with Gasteiger partial charge in [-0.05, 0) is 72.8 Å². The van der Waals surface area contributed by atoms with Crippen molar-refractivity contribution < 1.29 is 13.5 Å². The zero-order valence-corrected chi connectivity index (χ0v) is 15.5. The van der Waals surface area contributed by atoms with Gasteiger partial charge in [-0.3, -0.25) is 4.90 Å². The number of nitrogens with zero attached hydrogens (tertiary/aromatic N) is 1. The summed E-state index contributed by atoms with van der Waals surface area (Å²) in [5.74, 6) is -0.133. The molecule has 4 nitrogen and oxygen atoms in total. The topological polar surface area (TPSA) is 42.7 Å². The van der Waals surface area contributed by atoms with Crippen LogP contribution in [0.1, 0.15) is 28.7 Å². The maximum absolute atomic E-state index is 13.9. The van der Waals surface area contributed by atoms with Crippen LogP contribution in [-0.4, -0.2) is 19.1 Å². The number of fused-ring (bicyclic) bond motifs is 2. The molecule has 0 atom stereocenters. The van der Waals surface area contributed by atoms with Crippen molar-refractivity contribution in [1.82, 2.24) is 4.90 Å². The fourth-order valence-electron chi connectivity index (χ4n) is 3.89. The quantitative estimate of drug-likeness (QED) is 0.638. The first-order valence-corrected chi connectivity index (χ1v) is 9.13. The minimum Gasteiger partial charge on any atom is -0.494 e. The van der Waals surface area contributed by atoms with Crippen molar-refractivity contribution in [3.8, 4) is 5.75 Å². The molecule has 1 aliphatic rings. The summed E-state index contributed by atoms with van der Waals surface area (Å²) < 4.78 is 24.3. The number of aryl methyl sites for hydroxylation is 2. The highest BCUT2D eigenvalue weighted by atomic mass is 19.1. The maximum atomic E-state index is 13.9. The molecular formula is C22H22FNO3. The molecule has 0 N–H and O–H groups in total. The van der Waals surface area contributed by atoms with E-state index in [1.54, 1.807) is 12.1 Å². The molecule has 0 unspecified atom stereocenters. The second-order valence-corrected chi connectivity index (χ2v) is 7.20. The van der Waals surface area contributed by atoms with Gasteiger partial charge < -0.3 is 9.15 Å². The van der Waals surface area contributed by atoms with E-state index in [4.69, 9.17) is 9.15 Å². The third-order valence-electron chi connectivity index (χ3n) is 5.15. The van der Waals surface area contributed by atoms with Crippen LogP contribution in [0.2, 0.25) is 0 Å². The normalized spacial score (nSPS) is 13.3. The molecule has 0 radical (unpaired) electrons. The summed E-state index contributed by atoms with van der Waals surface area (Å²) in [5, 5.41) is 0.989. The zero-order chi connectivity index (χ0) is 19.0. The molecule has 0 spiro atoms. The standard InChI is InChI=1S/C22H22FNO3/c1-24(12-14-6-7-20(26-2)19(23)8-14)13-17-11-22(25)27-21-10-16-5-3-4-15(16)9-18(17)21/h6-11H,3-5,12-13H2,1-2H3. The van der Waals surface area contributed by atoms with Crippen LogP contribution in [0, 0.1) is 5.82 Å². The molecule has 0 amide bonds. The van der Waals surface area contributed by atoms with Gasteiger partial charge in [0, 0.05) is 24.5 Å². The Morgan fingerprint density at radius 3 is 2.63 bits per heavy atom. The Balaban J connectivity index is 1.61. The lowest BCUT2D eigenvalue weighted by Crippen LogP contribution is -2.18. The van der Waals surface area contributed by atoms with Gasteiger partial charge in [-0.15, -0.1) is 0 Å². The van der Waals surface area contributed by atoms with E-state index in [-0.39, 0.29) is 17.2 Å². The van der Waals surface area contributed by atoms with Crippen LogP contribution < -0.4 is 10.4 Å². The van der Waals surface area contributed by atoms with Crippen molar-refractivity contribution in [2.24, 2.45) is 0 Å². The van der Waals surface area contributed by atoms with E-state index < -0.39 is 0 Å². The summed E-state index contributed by atoms with van der Waals surface area (Å²) in [6.07, 6.45) is 3.26. The zero-order valence-electron chi connectivity index (χ0n) is 15.5. The lowest BCUT2D eigenvalue weighted by molar-refractivity contribution is 0.318. The minimum absolute atomic E-state index is 0.238. The van der Waals surface area contributed by atoms with Gasteiger partial charge in [0.1, 0.15) is 5.58 Å². The molecule has 0 bridgehead atoms. The lowest BCUT2D eigenvalue weighted by Gasteiger charge is -2.18. The molecule has 0 saturated heterocycles. The van der Waals surface area contributed by atoms with E-state index in [1.807, 2.05) is 19.2 Å². The Hall–Kier alpha value is -2.66. The number of methoxy groups -OCH3 is 1. The Morgan fingerprint density at radius 2 is 1.89 bits per heavy atom. The summed E-state index contributed by atoms with van der Waals surface area (Å²) >= 11 is 0. The molecule has 0 saturated carbocycles. The second-order valence-electron chi connectivity index (χ2n) is 7.20. The van der Waals surface area contributed by atoms with Crippen LogP contribution in [0.5, 0.6) is 5.75 Å². The van der Waals surface area contributed by atoms with Gasteiger partial charge in [-0.1, -0.05) is 6.07 Å². The largest absolute Gasteiger partial charge is 0.494 e. The highest BCUT2D eigenvalue weighted by Crippen LogP contribution is 2.29. The molecular weight excluding hydrogens is 345 g/mol. The van der Waals surface area contributed by atoms with Gasteiger partial charge >= 0.3 is 5.63 Å². The van der Waals surface area contributed by atoms with Gasteiger partial charge in [-0.25, -0.2) is 9.18 Å². The van der Waals surface area contributed by atoms with Crippen LogP contribution in [0.15, 0.2) is 45.6 Å². The molecule has 3 aromatic rings. The molecule has 0 fully saturated rings. The third-order valence-corrected chi connectivity index (χ3v) is 5.15. The van der Waals surface area contributed by atoms with Gasteiger partial charge in [-0.2, -0.15) is 0 Å². The van der Waals surface area contributed by atoms with Gasteiger partial charge in [0.05, 0.1) is 7.11 Å². The lowest BCUT2D eigenvalue weighted by atomic mass is 10.0. The number of rotatable bonds is 5. The van der Waals surface area contributed by atoms with Crippen molar-refractivity contribution in [2.45, 2.75) is 32.4 Å². The summed E-state index contributed by atoms with van der Waals surface area (Å²) in [5.41, 5.74) is 4.74. The Kier molecular flexibility index (Phi) is 4.70. The number of hydrogen-bond donors (Lipinski definition) is 0. The fourth-order valence-corrected chi connectivity index (χ4v) is 3.89. The van der Waals surface area contributed by atoms with Crippen LogP contribution in [0.4, 0.5) is 4.39 Å². The summed E-state index contributed by atoms with van der Waals surface area (Å²) in [6.45, 7) is 1.14. The van der Waals surface area contributed by atoms with E-state index in [2.05, 4.69) is 11.0 Å². The van der Waals surface area contributed by atoms with E-state index in [1.165, 1.54) is 24.3 Å². The van der Waals surface area contributed by atoms with Gasteiger partial charge in [0.2, 0.25) is 0 Å². The number of benzene rings is 2. The highest BCUT2D eigenvalue weighted by molar-refractivity contribution is 5.82. The predicted octanol–water partition coefficient (Wildman–Crippen LogP) is 4.06. The monoisotopic (exact) mass is 367 g/mol. The minimum atomic E-state index is -0.371. The summed E-state index contributed by atoms with van der Waals surface area (Å²) in [6, 6.07) is 10.7. The van der Waals surface area contributed by atoms with Gasteiger partial charge in [0.15, 0.2) is 11.6 Å². The SMILES string of the molecule is COc1ccc(CN(C)Cc2cc(=O)oc3cc4c(cc23)CCC4)cc1F. The van der Waals surface area contributed by atoms with E-state index in [9.17, 15) is 9.18 Å². The molecule has 1 aliphatic carbocycles. The van der Waals surface area contributed by atoms with Crippen molar-refractivity contribution >= 4 is 11.0 Å². The molecule has 4 rings (SSSR count). The van der Waals surface area contributed by atoms with Crippen LogP contribution in [0.3, 0.4) is 0 Å². The first kappa shape index (κ1) is 17.7. The molecule has 27 heavy (non-hydrogen) atoms. The van der Waals surface area contributed by atoms with E-state index in [0.29, 0.717) is 18.7 Å². The Labute approximate surface area is 157 Å². The molecule has 5 heteroatoms. The van der Waals surface area contributed by atoms with Crippen molar-refractivity contribution in [2.75, 3.05) is 14.2 Å². The molecule has 1 heterocycles. The van der Waals surface area contributed by atoms with E-state index >= 15 is 0 Å². The first-order valence-electron chi connectivity index (χ1n) is 9.13. The Bertz CT molecular complexity index is 1060. The summed E-state index contributed by atoms with van der Waals surface area (Å²) in [4.78, 5) is 14.1. The first-order chi connectivity index (χ1) is 13.0. The van der Waals surface area contributed by atoms with Crippen molar-refractivity contribution in [3.63, 3.8) is 0 Å². The Morgan fingerprint density at radius 1 is 1.11 bits per heavy atom. The van der Waals surface area contributed by atoms with Crippen LogP contribution in [-0.2, 0) is 25.9 Å². The van der Waals surface area contributed by atoms with Gasteiger partial charge in [0.25, 0.3) is 0 Å². The average Bonchev–Trinajstić information content (AvgIpc) is 3.07. The molecule has 0 aliphatic heterocycles. The predicted molar refractivity (Wildman–Crippen MR) is 103 cm³/mol. The highest BCUT2D eigenvalue weighted by Gasteiger charge is 2.16. The van der Waals surface area contributed by atoms with Crippen LogP contribution in [0.25, 0.3) is 11.0 Å². The smallest absolute Gasteiger partial charge is 0.336 e. The molecule has 140 valence electrons. The summed E-state index contributed by atoms with van der Waals surface area (Å²) in [7, 11) is 3.41. The number of halogens is 1. The molecule has 2 aromatic carbocycles. The number of hydrogen-bond acceptors (Lipinski definition) is 4.